The third-order valence-electron chi connectivity index (χ3n) is 7.78. The molecule has 1 aromatic carbocycles. The van der Waals surface area contributed by atoms with Crippen molar-refractivity contribution >= 4 is 11.8 Å². The van der Waals surface area contributed by atoms with Crippen LogP contribution in [0.5, 0.6) is 0 Å². The van der Waals surface area contributed by atoms with Gasteiger partial charge in [-0.2, -0.15) is 5.10 Å². The van der Waals surface area contributed by atoms with Crippen molar-refractivity contribution < 1.29 is 14.0 Å². The molecule has 1 aliphatic heterocycles. The van der Waals surface area contributed by atoms with Crippen molar-refractivity contribution in [2.24, 2.45) is 11.1 Å². The van der Waals surface area contributed by atoms with Crippen LogP contribution in [0, 0.1) is 19.3 Å². The highest BCUT2D eigenvalue weighted by atomic mass is 19.1. The molecule has 2 heterocycles. The molecule has 0 bridgehead atoms. The Morgan fingerprint density at radius 2 is 2.03 bits per heavy atom. The van der Waals surface area contributed by atoms with Crippen LogP contribution in [0.2, 0.25) is 0 Å². The van der Waals surface area contributed by atoms with E-state index >= 15 is 0 Å². The summed E-state index contributed by atoms with van der Waals surface area (Å²) in [6.07, 6.45) is 7.36. The number of halogens is 1. The van der Waals surface area contributed by atoms with Crippen molar-refractivity contribution in [2.45, 2.75) is 71.5 Å². The number of likely N-dealkylation sites (tertiary alicyclic amines) is 1. The summed E-state index contributed by atoms with van der Waals surface area (Å²) in [4.78, 5) is 40.3. The Kier molecular flexibility index (Phi) is 7.97. The molecule has 1 unspecified atom stereocenters. The quantitative estimate of drug-likeness (QED) is 0.517. The lowest BCUT2D eigenvalue weighted by atomic mass is 9.75. The van der Waals surface area contributed by atoms with Gasteiger partial charge in [0.2, 0.25) is 5.91 Å². The number of benzene rings is 1. The van der Waals surface area contributed by atoms with Crippen molar-refractivity contribution in [1.29, 1.82) is 0 Å². The van der Waals surface area contributed by atoms with Crippen molar-refractivity contribution in [3.63, 3.8) is 0 Å². The molecule has 2 amide bonds. The predicted molar refractivity (Wildman–Crippen MR) is 144 cm³/mol. The fourth-order valence-electron chi connectivity index (χ4n) is 5.72. The van der Waals surface area contributed by atoms with Crippen LogP contribution in [-0.4, -0.2) is 51.6 Å². The molecule has 1 saturated heterocycles. The minimum absolute atomic E-state index is 0.176. The van der Waals surface area contributed by atoms with Crippen LogP contribution < -0.4 is 16.6 Å². The maximum absolute atomic E-state index is 14.1. The number of H-pyrrole nitrogens is 1. The standard InChI is InChI=1S/C29H36FN5O3/c1-17-12-21(8-7-20(17)14-22-13-18(2)33-34-28(22)38)27(37)32-16-26(36)35-24(19(3)31)9-10-25(35)29(4)11-5-6-23(30)15-29/h5-8,12-13,15,19,24-25H,9-11,14,16,31H2,1-4H3,(H,32,37)(H,34,38)/t19-,24+,25-,29?/m0/s1. The van der Waals surface area contributed by atoms with Crippen molar-refractivity contribution in [2.75, 3.05) is 6.54 Å². The summed E-state index contributed by atoms with van der Waals surface area (Å²) < 4.78 is 14.1. The van der Waals surface area contributed by atoms with Gasteiger partial charge in [0.1, 0.15) is 5.83 Å². The topological polar surface area (TPSA) is 121 Å². The molecule has 4 atom stereocenters. The first kappa shape index (κ1) is 27.4. The molecule has 9 heteroatoms. The van der Waals surface area contributed by atoms with Gasteiger partial charge in [0.25, 0.3) is 11.5 Å². The molecule has 1 aliphatic carbocycles. The van der Waals surface area contributed by atoms with Gasteiger partial charge in [-0.25, -0.2) is 9.49 Å². The summed E-state index contributed by atoms with van der Waals surface area (Å²) in [5, 5.41) is 9.15. The number of aromatic amines is 1. The summed E-state index contributed by atoms with van der Waals surface area (Å²) in [5.41, 5.74) is 8.98. The van der Waals surface area contributed by atoms with E-state index < -0.39 is 5.41 Å². The van der Waals surface area contributed by atoms with Crippen molar-refractivity contribution in [1.82, 2.24) is 20.4 Å². The number of nitrogens with zero attached hydrogens (tertiary/aromatic N) is 2. The van der Waals surface area contributed by atoms with Gasteiger partial charge in [0, 0.05) is 41.1 Å². The minimum atomic E-state index is -0.538. The number of carbonyl (C=O) groups excluding carboxylic acids is 2. The highest BCUT2D eigenvalue weighted by Crippen LogP contribution is 2.43. The maximum Gasteiger partial charge on any atom is 0.267 e. The number of amides is 2. The number of hydrogen-bond donors (Lipinski definition) is 3. The van der Waals surface area contributed by atoms with E-state index in [1.165, 1.54) is 6.08 Å². The third-order valence-corrected chi connectivity index (χ3v) is 7.78. The normalized spacial score (nSPS) is 23.7. The summed E-state index contributed by atoms with van der Waals surface area (Å²) in [6.45, 7) is 7.35. The molecular weight excluding hydrogens is 485 g/mol. The Morgan fingerprint density at radius 1 is 1.26 bits per heavy atom. The van der Waals surface area contributed by atoms with Crippen LogP contribution in [0.25, 0.3) is 0 Å². The molecule has 0 radical (unpaired) electrons. The summed E-state index contributed by atoms with van der Waals surface area (Å²) in [6, 6.07) is 6.38. The zero-order valence-electron chi connectivity index (χ0n) is 22.4. The summed E-state index contributed by atoms with van der Waals surface area (Å²) in [5.74, 6) is -0.893. The number of nitrogens with two attached hydrogens (primary N) is 1. The number of nitrogens with one attached hydrogen (secondary N) is 2. The first-order valence-corrected chi connectivity index (χ1v) is 13.0. The number of allylic oxidation sites excluding steroid dienone is 3. The fraction of sp³-hybridized carbons (Fsp3) is 0.448. The minimum Gasteiger partial charge on any atom is -0.343 e. The highest BCUT2D eigenvalue weighted by Gasteiger charge is 2.47. The van der Waals surface area contributed by atoms with Crippen LogP contribution in [0.15, 0.2) is 53.1 Å². The van der Waals surface area contributed by atoms with Crippen molar-refractivity contribution in [3.8, 4) is 0 Å². The van der Waals surface area contributed by atoms with Gasteiger partial charge >= 0.3 is 0 Å². The van der Waals surface area contributed by atoms with E-state index in [2.05, 4.69) is 15.5 Å². The van der Waals surface area contributed by atoms with Crippen LogP contribution in [0.4, 0.5) is 4.39 Å². The molecule has 0 spiro atoms. The highest BCUT2D eigenvalue weighted by molar-refractivity contribution is 5.96. The number of aromatic nitrogens is 2. The van der Waals surface area contributed by atoms with Gasteiger partial charge in [-0.1, -0.05) is 19.1 Å². The van der Waals surface area contributed by atoms with E-state index in [-0.39, 0.29) is 47.9 Å². The average molecular weight is 522 g/mol. The number of carbonyl (C=O) groups is 2. The number of rotatable bonds is 7. The molecule has 4 rings (SSSR count). The monoisotopic (exact) mass is 521 g/mol. The second kappa shape index (κ2) is 11.0. The Labute approximate surface area is 222 Å². The van der Waals surface area contributed by atoms with Gasteiger partial charge in [0.05, 0.1) is 12.2 Å². The largest absolute Gasteiger partial charge is 0.343 e. The lowest BCUT2D eigenvalue weighted by molar-refractivity contribution is -0.135. The van der Waals surface area contributed by atoms with Crippen LogP contribution in [-0.2, 0) is 11.2 Å². The van der Waals surface area contributed by atoms with E-state index in [4.69, 9.17) is 5.73 Å². The SMILES string of the molecule is Cc1cc(Cc2ccc(C(=O)NCC(=O)N3[C@@H]([C@H](C)N)CC[C@H]3C3(C)C=C(F)C=CC3)cc2C)c(=O)[nH]n1. The van der Waals surface area contributed by atoms with E-state index in [9.17, 15) is 18.8 Å². The molecular formula is C29H36FN5O3. The average Bonchev–Trinajstić information content (AvgIpc) is 3.32. The molecule has 1 fully saturated rings. The molecule has 1 aromatic heterocycles. The van der Waals surface area contributed by atoms with E-state index in [0.717, 1.165) is 29.7 Å². The summed E-state index contributed by atoms with van der Waals surface area (Å²) >= 11 is 0. The van der Waals surface area contributed by atoms with Gasteiger partial charge in [-0.15, -0.1) is 0 Å². The fourth-order valence-corrected chi connectivity index (χ4v) is 5.72. The van der Waals surface area contributed by atoms with Gasteiger partial charge in [-0.3, -0.25) is 14.4 Å². The Morgan fingerprint density at radius 3 is 2.71 bits per heavy atom. The second-order valence-electron chi connectivity index (χ2n) is 10.8. The van der Waals surface area contributed by atoms with Gasteiger partial charge in [0.15, 0.2) is 0 Å². The Bertz CT molecular complexity index is 1350. The lowest BCUT2D eigenvalue weighted by Crippen LogP contribution is -2.55. The molecule has 0 saturated carbocycles. The smallest absolute Gasteiger partial charge is 0.267 e. The molecule has 4 N–H and O–H groups in total. The Hall–Kier alpha value is -3.59. The van der Waals surface area contributed by atoms with E-state index in [0.29, 0.717) is 24.0 Å². The number of aryl methyl sites for hydroxylation is 2. The molecule has 38 heavy (non-hydrogen) atoms. The number of hydrogen-bond acceptors (Lipinski definition) is 5. The Balaban J connectivity index is 1.45. The third kappa shape index (κ3) is 5.78. The lowest BCUT2D eigenvalue weighted by Gasteiger charge is -2.42. The molecule has 2 aromatic rings. The molecule has 2 aliphatic rings. The van der Waals surface area contributed by atoms with E-state index in [1.54, 1.807) is 35.3 Å². The van der Waals surface area contributed by atoms with E-state index in [1.807, 2.05) is 33.8 Å². The zero-order chi connectivity index (χ0) is 27.6. The molecule has 8 nitrogen and oxygen atoms in total. The summed E-state index contributed by atoms with van der Waals surface area (Å²) in [7, 11) is 0. The zero-order valence-corrected chi connectivity index (χ0v) is 22.4. The van der Waals surface area contributed by atoms with Crippen molar-refractivity contribution in [3.05, 3.63) is 86.6 Å². The van der Waals surface area contributed by atoms with Crippen LogP contribution in [0.1, 0.15) is 65.9 Å². The van der Waals surface area contributed by atoms with Gasteiger partial charge < -0.3 is 16.0 Å². The maximum atomic E-state index is 14.1. The van der Waals surface area contributed by atoms with Crippen LogP contribution in [0.3, 0.4) is 0 Å². The first-order chi connectivity index (χ1) is 18.0. The molecule has 202 valence electrons. The first-order valence-electron chi connectivity index (χ1n) is 13.0. The second-order valence-corrected chi connectivity index (χ2v) is 10.8. The predicted octanol–water partition coefficient (Wildman–Crippen LogP) is 3.23. The van der Waals surface area contributed by atoms with Gasteiger partial charge in [-0.05, 0) is 81.5 Å². The van der Waals surface area contributed by atoms with Crippen LogP contribution >= 0.6 is 0 Å².